The van der Waals surface area contributed by atoms with E-state index in [2.05, 4.69) is 0 Å². The van der Waals surface area contributed by atoms with Crippen LogP contribution in [0.25, 0.3) is 22.3 Å². The number of carbonyl (C=O) groups is 1. The molecule has 1 heterocycles. The molecule has 0 unspecified atom stereocenters. The molecule has 0 aliphatic rings. The lowest BCUT2D eigenvalue weighted by atomic mass is 10.1. The van der Waals surface area contributed by atoms with Crippen LogP contribution in [0.1, 0.15) is 26.2 Å². The van der Waals surface area contributed by atoms with Gasteiger partial charge in [-0.15, -0.1) is 0 Å². The highest BCUT2D eigenvalue weighted by molar-refractivity contribution is 5.89. The Bertz CT molecular complexity index is 1110. The fourth-order valence-electron chi connectivity index (χ4n) is 2.70. The molecule has 4 N–H and O–H groups in total. The van der Waals surface area contributed by atoms with Crippen LogP contribution in [-0.4, -0.2) is 26.4 Å². The number of unbranched alkanes of at least 4 members (excludes halogenated alkanes) is 1. The fraction of sp³-hybridized carbons (Fsp3) is 0.200. The minimum atomic E-state index is -0.814. The Morgan fingerprint density at radius 1 is 1.04 bits per heavy atom. The fourth-order valence-corrected chi connectivity index (χ4v) is 2.70. The number of aromatic hydroxyl groups is 4. The number of phenolic OH excluding ortho intramolecular Hbond substituents is 4. The van der Waals surface area contributed by atoms with E-state index in [0.717, 1.165) is 24.6 Å². The topological polar surface area (TPSA) is 137 Å². The standard InChI is InChI=1S/C20H18O8/c1-2-3-4-16(25)28-20-18(26)17-14(24)8-11(21)9-15(17)27-19(20)10-5-6-12(22)13(23)7-10/h5-9,21-24H,2-4H2,1H3. The second-order valence-corrected chi connectivity index (χ2v) is 6.21. The lowest BCUT2D eigenvalue weighted by Crippen LogP contribution is -2.16. The lowest BCUT2D eigenvalue weighted by molar-refractivity contribution is -0.134. The van der Waals surface area contributed by atoms with E-state index in [0.29, 0.717) is 6.42 Å². The Morgan fingerprint density at radius 2 is 1.79 bits per heavy atom. The number of esters is 1. The third-order valence-corrected chi connectivity index (χ3v) is 4.11. The van der Waals surface area contributed by atoms with Crippen LogP contribution >= 0.6 is 0 Å². The monoisotopic (exact) mass is 386 g/mol. The molecule has 0 spiro atoms. The third-order valence-electron chi connectivity index (χ3n) is 4.11. The van der Waals surface area contributed by atoms with Crippen molar-refractivity contribution in [2.24, 2.45) is 0 Å². The molecule has 0 amide bonds. The summed E-state index contributed by atoms with van der Waals surface area (Å²) in [5.74, 6) is -3.03. The van der Waals surface area contributed by atoms with Crippen molar-refractivity contribution in [3.05, 3.63) is 40.6 Å². The average molecular weight is 386 g/mol. The Kier molecular flexibility index (Phi) is 5.12. The van der Waals surface area contributed by atoms with E-state index in [1.54, 1.807) is 0 Å². The Hall–Kier alpha value is -3.68. The van der Waals surface area contributed by atoms with Crippen LogP contribution in [0.5, 0.6) is 28.7 Å². The van der Waals surface area contributed by atoms with Crippen LogP contribution in [0.15, 0.2) is 39.5 Å². The minimum Gasteiger partial charge on any atom is -0.508 e. The van der Waals surface area contributed by atoms with E-state index in [4.69, 9.17) is 9.15 Å². The van der Waals surface area contributed by atoms with Gasteiger partial charge in [0.1, 0.15) is 22.5 Å². The van der Waals surface area contributed by atoms with Crippen molar-refractivity contribution in [2.75, 3.05) is 0 Å². The van der Waals surface area contributed by atoms with Crippen LogP contribution in [0, 0.1) is 0 Å². The zero-order valence-electron chi connectivity index (χ0n) is 14.9. The summed E-state index contributed by atoms with van der Waals surface area (Å²) >= 11 is 0. The molecule has 0 bridgehead atoms. The highest BCUT2D eigenvalue weighted by Gasteiger charge is 2.23. The molecule has 2 aromatic carbocycles. The average Bonchev–Trinajstić information content (AvgIpc) is 2.63. The van der Waals surface area contributed by atoms with Gasteiger partial charge in [-0.2, -0.15) is 0 Å². The predicted octanol–water partition coefficient (Wildman–Crippen LogP) is 3.38. The molecular weight excluding hydrogens is 368 g/mol. The molecule has 0 aliphatic carbocycles. The zero-order valence-corrected chi connectivity index (χ0v) is 14.9. The molecule has 1 aromatic heterocycles. The number of phenols is 4. The molecule has 3 aromatic rings. The van der Waals surface area contributed by atoms with E-state index in [1.807, 2.05) is 6.92 Å². The van der Waals surface area contributed by atoms with Gasteiger partial charge in [0.15, 0.2) is 17.3 Å². The number of benzene rings is 2. The molecule has 0 radical (unpaired) electrons. The number of fused-ring (bicyclic) bond motifs is 1. The first-order chi connectivity index (χ1) is 13.3. The van der Waals surface area contributed by atoms with Crippen molar-refractivity contribution in [3.63, 3.8) is 0 Å². The second kappa shape index (κ2) is 7.51. The van der Waals surface area contributed by atoms with Crippen LogP contribution < -0.4 is 10.2 Å². The zero-order chi connectivity index (χ0) is 20.4. The maximum absolute atomic E-state index is 12.9. The summed E-state index contributed by atoms with van der Waals surface area (Å²) in [7, 11) is 0. The van der Waals surface area contributed by atoms with Gasteiger partial charge in [0.05, 0.1) is 0 Å². The van der Waals surface area contributed by atoms with E-state index < -0.39 is 28.6 Å². The molecule has 3 rings (SSSR count). The Balaban J connectivity index is 2.26. The highest BCUT2D eigenvalue weighted by Crippen LogP contribution is 2.38. The summed E-state index contributed by atoms with van der Waals surface area (Å²) in [5.41, 5.74) is -0.806. The summed E-state index contributed by atoms with van der Waals surface area (Å²) in [6, 6.07) is 5.76. The van der Waals surface area contributed by atoms with Crippen molar-refractivity contribution in [2.45, 2.75) is 26.2 Å². The summed E-state index contributed by atoms with van der Waals surface area (Å²) in [6.45, 7) is 1.90. The molecular formula is C20H18O8. The maximum atomic E-state index is 12.9. The smallest absolute Gasteiger partial charge is 0.311 e. The Labute approximate surface area is 158 Å². The van der Waals surface area contributed by atoms with Gasteiger partial charge in [0, 0.05) is 24.1 Å². The summed E-state index contributed by atoms with van der Waals surface area (Å²) in [5, 5.41) is 38.7. The van der Waals surface area contributed by atoms with Crippen LogP contribution in [-0.2, 0) is 4.79 Å². The first-order valence-electron chi connectivity index (χ1n) is 8.57. The van der Waals surface area contributed by atoms with Gasteiger partial charge in [-0.3, -0.25) is 9.59 Å². The molecule has 28 heavy (non-hydrogen) atoms. The van der Waals surface area contributed by atoms with Crippen LogP contribution in [0.2, 0.25) is 0 Å². The van der Waals surface area contributed by atoms with Crippen molar-refractivity contribution in [3.8, 4) is 40.1 Å². The largest absolute Gasteiger partial charge is 0.508 e. The van der Waals surface area contributed by atoms with Gasteiger partial charge in [-0.1, -0.05) is 13.3 Å². The van der Waals surface area contributed by atoms with E-state index in [9.17, 15) is 30.0 Å². The molecule has 0 fully saturated rings. The minimum absolute atomic E-state index is 0.0792. The molecule has 146 valence electrons. The second-order valence-electron chi connectivity index (χ2n) is 6.21. The van der Waals surface area contributed by atoms with Gasteiger partial charge >= 0.3 is 5.97 Å². The van der Waals surface area contributed by atoms with E-state index >= 15 is 0 Å². The van der Waals surface area contributed by atoms with Gasteiger partial charge < -0.3 is 29.6 Å². The molecule has 8 nitrogen and oxygen atoms in total. The molecule has 0 aliphatic heterocycles. The maximum Gasteiger partial charge on any atom is 0.311 e. The van der Waals surface area contributed by atoms with Gasteiger partial charge in [-0.05, 0) is 24.6 Å². The SMILES string of the molecule is CCCCC(=O)Oc1c(-c2ccc(O)c(O)c2)oc2cc(O)cc(O)c2c1=O. The quantitative estimate of drug-likeness (QED) is 0.387. The first-order valence-corrected chi connectivity index (χ1v) is 8.57. The van der Waals surface area contributed by atoms with Gasteiger partial charge in [0.2, 0.25) is 11.2 Å². The first kappa shape index (κ1) is 19.1. The normalized spacial score (nSPS) is 10.9. The number of carbonyl (C=O) groups excluding carboxylic acids is 1. The van der Waals surface area contributed by atoms with Crippen molar-refractivity contribution < 1.29 is 34.4 Å². The van der Waals surface area contributed by atoms with Crippen LogP contribution in [0.3, 0.4) is 0 Å². The molecule has 0 saturated heterocycles. The third kappa shape index (κ3) is 3.57. The number of hydrogen-bond acceptors (Lipinski definition) is 8. The molecule has 0 saturated carbocycles. The number of hydrogen-bond donors (Lipinski definition) is 4. The van der Waals surface area contributed by atoms with Gasteiger partial charge in [0.25, 0.3) is 0 Å². The summed E-state index contributed by atoms with van der Waals surface area (Å²) in [4.78, 5) is 25.0. The van der Waals surface area contributed by atoms with Crippen molar-refractivity contribution >= 4 is 16.9 Å². The number of rotatable bonds is 5. The molecule has 0 atom stereocenters. The lowest BCUT2D eigenvalue weighted by Gasteiger charge is -2.12. The van der Waals surface area contributed by atoms with Crippen molar-refractivity contribution in [1.29, 1.82) is 0 Å². The summed E-state index contributed by atoms with van der Waals surface area (Å²) < 4.78 is 10.9. The van der Waals surface area contributed by atoms with E-state index in [-0.39, 0.29) is 40.2 Å². The van der Waals surface area contributed by atoms with Crippen LogP contribution in [0.4, 0.5) is 0 Å². The Morgan fingerprint density at radius 3 is 2.46 bits per heavy atom. The molecule has 8 heteroatoms. The predicted molar refractivity (Wildman–Crippen MR) is 99.7 cm³/mol. The van der Waals surface area contributed by atoms with Crippen molar-refractivity contribution in [1.82, 2.24) is 0 Å². The van der Waals surface area contributed by atoms with Gasteiger partial charge in [-0.25, -0.2) is 0 Å². The highest BCUT2D eigenvalue weighted by atomic mass is 16.5. The van der Waals surface area contributed by atoms with E-state index in [1.165, 1.54) is 12.1 Å². The summed E-state index contributed by atoms with van der Waals surface area (Å²) in [6.07, 6.45) is 1.39. The number of ether oxygens (including phenoxy) is 1.